The van der Waals surface area contributed by atoms with Gasteiger partial charge in [0.25, 0.3) is 5.56 Å². The van der Waals surface area contributed by atoms with Crippen molar-refractivity contribution in [2.75, 3.05) is 25.0 Å². The molecule has 10 nitrogen and oxygen atoms in total. The first-order valence-corrected chi connectivity index (χ1v) is 12.1. The van der Waals surface area contributed by atoms with Gasteiger partial charge >= 0.3 is 6.09 Å². The first kappa shape index (κ1) is 25.0. The van der Waals surface area contributed by atoms with Crippen LogP contribution in [0.4, 0.5) is 10.7 Å². The number of likely N-dealkylation sites (tertiary alicyclic amines) is 1. The zero-order valence-electron chi connectivity index (χ0n) is 20.1. The first-order valence-electron chi connectivity index (χ1n) is 11.7. The fourth-order valence-electron chi connectivity index (χ4n) is 4.22. The average molecular weight is 503 g/mol. The predicted octanol–water partition coefficient (Wildman–Crippen LogP) is 3.72. The van der Waals surface area contributed by atoms with E-state index in [-0.39, 0.29) is 36.2 Å². The molecule has 1 aromatic carbocycles. The summed E-state index contributed by atoms with van der Waals surface area (Å²) >= 11 is 6.00. The number of nitrogens with zero attached hydrogens (tertiary/aromatic N) is 4. The predicted molar refractivity (Wildman–Crippen MR) is 133 cm³/mol. The van der Waals surface area contributed by atoms with E-state index in [1.54, 1.807) is 21.5 Å². The number of halogens is 1. The number of carbonyl (C=O) groups excluding carboxylic acids is 1. The molecule has 188 valence electrons. The molecule has 0 bridgehead atoms. The van der Waals surface area contributed by atoms with Crippen LogP contribution in [0, 0.1) is 0 Å². The van der Waals surface area contributed by atoms with Crippen LogP contribution < -0.4 is 10.9 Å². The molecule has 0 aliphatic carbocycles. The Labute approximate surface area is 208 Å². The van der Waals surface area contributed by atoms with E-state index in [4.69, 9.17) is 16.3 Å². The Morgan fingerprint density at radius 3 is 2.60 bits per heavy atom. The van der Waals surface area contributed by atoms with Crippen molar-refractivity contribution in [2.45, 2.75) is 57.6 Å². The van der Waals surface area contributed by atoms with E-state index in [1.165, 1.54) is 6.20 Å². The third kappa shape index (κ3) is 5.94. The van der Waals surface area contributed by atoms with Crippen molar-refractivity contribution in [1.82, 2.24) is 24.5 Å². The van der Waals surface area contributed by atoms with E-state index in [0.717, 1.165) is 5.56 Å². The summed E-state index contributed by atoms with van der Waals surface area (Å²) in [5, 5.41) is 18.0. The number of aromatic amines is 1. The number of carbonyl (C=O) groups is 1. The van der Waals surface area contributed by atoms with Crippen LogP contribution in [0.5, 0.6) is 0 Å². The number of aliphatic hydroxyl groups excluding tert-OH is 1. The summed E-state index contributed by atoms with van der Waals surface area (Å²) in [6.07, 6.45) is 3.00. The lowest BCUT2D eigenvalue weighted by molar-refractivity contribution is 0.0203. The highest BCUT2D eigenvalue weighted by atomic mass is 35.5. The maximum absolute atomic E-state index is 12.8. The van der Waals surface area contributed by atoms with Crippen molar-refractivity contribution in [3.8, 4) is 0 Å². The van der Waals surface area contributed by atoms with Gasteiger partial charge < -0.3 is 20.1 Å². The summed E-state index contributed by atoms with van der Waals surface area (Å²) in [5.41, 5.74) is 0.407. The lowest BCUT2D eigenvalue weighted by Crippen LogP contribution is -2.41. The second-order valence-electron chi connectivity index (χ2n) is 9.72. The smallest absolute Gasteiger partial charge is 0.410 e. The second-order valence-corrected chi connectivity index (χ2v) is 10.2. The van der Waals surface area contributed by atoms with Crippen LogP contribution in [-0.4, -0.2) is 61.0 Å². The number of rotatable bonds is 6. The van der Waals surface area contributed by atoms with E-state index < -0.39 is 5.60 Å². The lowest BCUT2D eigenvalue weighted by Gasteiger charge is -2.32. The molecule has 11 heteroatoms. The van der Waals surface area contributed by atoms with Crippen LogP contribution in [0.2, 0.25) is 5.02 Å². The van der Waals surface area contributed by atoms with Gasteiger partial charge in [-0.05, 0) is 57.7 Å². The largest absolute Gasteiger partial charge is 0.444 e. The Bertz CT molecular complexity index is 1230. The quantitative estimate of drug-likeness (QED) is 0.469. The molecule has 1 saturated heterocycles. The van der Waals surface area contributed by atoms with Crippen LogP contribution in [0.1, 0.15) is 63.4 Å². The molecule has 3 N–H and O–H groups in total. The molecule has 1 amide bonds. The average Bonchev–Trinajstić information content (AvgIpc) is 3.23. The van der Waals surface area contributed by atoms with Gasteiger partial charge in [0.05, 0.1) is 12.2 Å². The van der Waals surface area contributed by atoms with Gasteiger partial charge in [-0.15, -0.1) is 5.10 Å². The van der Waals surface area contributed by atoms with Crippen molar-refractivity contribution in [1.29, 1.82) is 0 Å². The number of hydrogen-bond acceptors (Lipinski definition) is 7. The lowest BCUT2D eigenvalue weighted by atomic mass is 9.96. The number of anilines is 1. The molecule has 1 aliphatic heterocycles. The van der Waals surface area contributed by atoms with E-state index >= 15 is 0 Å². The molecule has 0 radical (unpaired) electrons. The highest BCUT2D eigenvalue weighted by molar-refractivity contribution is 6.30. The van der Waals surface area contributed by atoms with E-state index in [9.17, 15) is 14.7 Å². The topological polar surface area (TPSA) is 125 Å². The molecule has 2 aromatic heterocycles. The molecule has 1 aliphatic rings. The third-order valence-corrected chi connectivity index (χ3v) is 6.19. The zero-order valence-corrected chi connectivity index (χ0v) is 20.9. The molecule has 1 fully saturated rings. The minimum Gasteiger partial charge on any atom is -0.444 e. The van der Waals surface area contributed by atoms with E-state index in [0.29, 0.717) is 48.7 Å². The molecule has 0 saturated carbocycles. The van der Waals surface area contributed by atoms with Crippen molar-refractivity contribution in [3.63, 3.8) is 0 Å². The second kappa shape index (κ2) is 10.2. The minimum atomic E-state index is -0.540. The molecule has 0 spiro atoms. The van der Waals surface area contributed by atoms with Crippen molar-refractivity contribution in [3.05, 3.63) is 57.2 Å². The Balaban J connectivity index is 1.53. The first-order chi connectivity index (χ1) is 16.6. The zero-order chi connectivity index (χ0) is 25.2. The van der Waals surface area contributed by atoms with Gasteiger partial charge in [-0.25, -0.2) is 14.3 Å². The maximum atomic E-state index is 12.8. The standard InChI is InChI=1S/C24H31ClN6O4/c1-24(2,3)35-23(34)30-11-8-16(9-12-30)20-26-14-19-21(33)28-22(29-31(19)20)27-18(10-13-32)15-4-6-17(25)7-5-15/h4-7,14,16,18,32H,8-13H2,1-3H3,(H2,27,28,29,33). The van der Waals surface area contributed by atoms with Gasteiger partial charge in [0, 0.05) is 30.6 Å². The van der Waals surface area contributed by atoms with E-state index in [2.05, 4.69) is 20.4 Å². The highest BCUT2D eigenvalue weighted by Crippen LogP contribution is 2.28. The molecule has 1 atom stereocenters. The minimum absolute atomic E-state index is 0.0423. The molecule has 3 heterocycles. The van der Waals surface area contributed by atoms with Crippen LogP contribution in [0.25, 0.3) is 5.52 Å². The van der Waals surface area contributed by atoms with Gasteiger partial charge in [0.15, 0.2) is 5.52 Å². The number of aliphatic hydroxyl groups is 1. The van der Waals surface area contributed by atoms with Crippen LogP contribution in [0.15, 0.2) is 35.3 Å². The van der Waals surface area contributed by atoms with E-state index in [1.807, 2.05) is 32.9 Å². The summed E-state index contributed by atoms with van der Waals surface area (Å²) in [4.78, 5) is 34.1. The van der Waals surface area contributed by atoms with Gasteiger partial charge in [-0.2, -0.15) is 0 Å². The van der Waals surface area contributed by atoms with Gasteiger partial charge in [-0.3, -0.25) is 9.78 Å². The van der Waals surface area contributed by atoms with Crippen molar-refractivity contribution < 1.29 is 14.6 Å². The number of piperidine rings is 1. The number of benzene rings is 1. The molecule has 1 unspecified atom stereocenters. The number of imidazole rings is 1. The summed E-state index contributed by atoms with van der Waals surface area (Å²) in [5.74, 6) is 1.01. The van der Waals surface area contributed by atoms with Crippen LogP contribution in [-0.2, 0) is 4.74 Å². The molecular formula is C24H31ClN6O4. The number of nitrogens with one attached hydrogen (secondary N) is 2. The highest BCUT2D eigenvalue weighted by Gasteiger charge is 2.30. The summed E-state index contributed by atoms with van der Waals surface area (Å²) < 4.78 is 7.06. The fraction of sp³-hybridized carbons (Fsp3) is 0.500. The van der Waals surface area contributed by atoms with Gasteiger partial charge in [0.2, 0.25) is 5.95 Å². The Morgan fingerprint density at radius 1 is 1.29 bits per heavy atom. The SMILES string of the molecule is CC(C)(C)OC(=O)N1CCC(c2ncc3c(=O)[nH]c(NC(CCO)c4ccc(Cl)cc4)nn23)CC1. The molecule has 4 rings (SSSR count). The number of H-pyrrole nitrogens is 1. The molecular weight excluding hydrogens is 472 g/mol. The van der Waals surface area contributed by atoms with Gasteiger partial charge in [-0.1, -0.05) is 23.7 Å². The third-order valence-electron chi connectivity index (χ3n) is 5.94. The monoisotopic (exact) mass is 502 g/mol. The molecule has 3 aromatic rings. The van der Waals surface area contributed by atoms with Crippen molar-refractivity contribution in [2.24, 2.45) is 0 Å². The number of aromatic nitrogens is 4. The Morgan fingerprint density at radius 2 is 1.97 bits per heavy atom. The Hall–Kier alpha value is -3.11. The fourth-order valence-corrected chi connectivity index (χ4v) is 4.34. The normalized spacial score (nSPS) is 15.9. The summed E-state index contributed by atoms with van der Waals surface area (Å²) in [7, 11) is 0. The van der Waals surface area contributed by atoms with Crippen molar-refractivity contribution >= 4 is 29.2 Å². The summed E-state index contributed by atoms with van der Waals surface area (Å²) in [6, 6.07) is 7.02. The number of fused-ring (bicyclic) bond motifs is 1. The number of amides is 1. The van der Waals surface area contributed by atoms with Crippen LogP contribution >= 0.6 is 11.6 Å². The maximum Gasteiger partial charge on any atom is 0.410 e. The number of hydrogen-bond donors (Lipinski definition) is 3. The summed E-state index contributed by atoms with van der Waals surface area (Å²) in [6.45, 7) is 6.58. The van der Waals surface area contributed by atoms with Crippen LogP contribution in [0.3, 0.4) is 0 Å². The number of ether oxygens (including phenoxy) is 1. The molecule has 35 heavy (non-hydrogen) atoms. The van der Waals surface area contributed by atoms with Gasteiger partial charge in [0.1, 0.15) is 11.4 Å². The Kier molecular flexibility index (Phi) is 7.32.